The molecule has 0 amide bonds. The van der Waals surface area contributed by atoms with Gasteiger partial charge in [0.05, 0.1) is 0 Å². The molecule has 1 aliphatic rings. The third kappa shape index (κ3) is 1.57. The lowest BCUT2D eigenvalue weighted by atomic mass is 10.0. The molecule has 56 valence electrons. The highest BCUT2D eigenvalue weighted by atomic mass is 16.4. The first kappa shape index (κ1) is 7.28. The molecule has 0 aliphatic carbocycles. The van der Waals surface area contributed by atoms with Crippen molar-refractivity contribution in [2.75, 3.05) is 6.54 Å². The van der Waals surface area contributed by atoms with Gasteiger partial charge >= 0.3 is 5.97 Å². The Hall–Kier alpha value is -0.830. The van der Waals surface area contributed by atoms with Crippen molar-refractivity contribution in [3.63, 3.8) is 0 Å². The van der Waals surface area contributed by atoms with Crippen molar-refractivity contribution in [1.82, 2.24) is 5.32 Å². The molecular formula is C7H11NO2. The summed E-state index contributed by atoms with van der Waals surface area (Å²) in [6.07, 6.45) is 2.65. The van der Waals surface area contributed by atoms with Crippen molar-refractivity contribution in [2.45, 2.75) is 19.4 Å². The number of rotatable bonds is 1. The van der Waals surface area contributed by atoms with Crippen LogP contribution in [-0.4, -0.2) is 23.7 Å². The molecule has 1 aliphatic heterocycles. The Labute approximate surface area is 59.7 Å². The Kier molecular flexibility index (Phi) is 2.06. The van der Waals surface area contributed by atoms with Crippen LogP contribution in [0, 0.1) is 0 Å². The Bertz CT molecular complexity index is 174. The van der Waals surface area contributed by atoms with E-state index in [0.717, 1.165) is 5.57 Å². The minimum absolute atomic E-state index is 0.370. The van der Waals surface area contributed by atoms with Crippen molar-refractivity contribution in [2.24, 2.45) is 0 Å². The predicted molar refractivity (Wildman–Crippen MR) is 37.8 cm³/mol. The first-order valence-electron chi connectivity index (χ1n) is 3.32. The molecular weight excluding hydrogens is 130 g/mol. The van der Waals surface area contributed by atoms with E-state index in [2.05, 4.69) is 5.32 Å². The van der Waals surface area contributed by atoms with Crippen LogP contribution in [0.2, 0.25) is 0 Å². The molecule has 1 heterocycles. The fraction of sp³-hybridized carbons (Fsp3) is 0.571. The molecule has 0 aromatic rings. The molecule has 3 nitrogen and oxygen atoms in total. The molecule has 0 fully saturated rings. The second kappa shape index (κ2) is 2.84. The third-order valence-corrected chi connectivity index (χ3v) is 1.64. The first-order chi connectivity index (χ1) is 4.70. The monoisotopic (exact) mass is 141 g/mol. The first-order valence-corrected chi connectivity index (χ1v) is 3.32. The van der Waals surface area contributed by atoms with Gasteiger partial charge in [-0.2, -0.15) is 0 Å². The van der Waals surface area contributed by atoms with Crippen LogP contribution in [0.15, 0.2) is 11.6 Å². The van der Waals surface area contributed by atoms with Gasteiger partial charge in [-0.15, -0.1) is 0 Å². The predicted octanol–water partition coefficient (Wildman–Crippen LogP) is 0.379. The van der Waals surface area contributed by atoms with Crippen molar-refractivity contribution in [3.05, 3.63) is 11.6 Å². The van der Waals surface area contributed by atoms with Crippen molar-refractivity contribution in [3.8, 4) is 0 Å². The topological polar surface area (TPSA) is 49.3 Å². The van der Waals surface area contributed by atoms with Gasteiger partial charge in [-0.25, -0.2) is 0 Å². The summed E-state index contributed by atoms with van der Waals surface area (Å²) >= 11 is 0. The number of carbonyl (C=O) groups is 1. The van der Waals surface area contributed by atoms with Gasteiger partial charge in [0.2, 0.25) is 0 Å². The normalized spacial score (nSPS) is 25.7. The molecule has 2 N–H and O–H groups in total. The van der Waals surface area contributed by atoms with Gasteiger partial charge in [0.15, 0.2) is 0 Å². The van der Waals surface area contributed by atoms with E-state index in [-0.39, 0.29) is 6.04 Å². The average molecular weight is 141 g/mol. The lowest BCUT2D eigenvalue weighted by molar-refractivity contribution is -0.139. The standard InChI is InChI=1S/C7H11NO2/c1-5-2-3-8-6(4-5)7(9)10/h2,6,8H,3-4H2,1H3,(H,9,10)/t6-/m0/s1. The van der Waals surface area contributed by atoms with E-state index in [0.29, 0.717) is 13.0 Å². The van der Waals surface area contributed by atoms with Crippen LogP contribution in [0.5, 0.6) is 0 Å². The molecule has 0 saturated carbocycles. The van der Waals surface area contributed by atoms with E-state index < -0.39 is 5.97 Å². The highest BCUT2D eigenvalue weighted by Gasteiger charge is 2.18. The highest BCUT2D eigenvalue weighted by molar-refractivity contribution is 5.74. The smallest absolute Gasteiger partial charge is 0.321 e. The minimum Gasteiger partial charge on any atom is -0.480 e. The zero-order valence-electron chi connectivity index (χ0n) is 5.92. The molecule has 0 radical (unpaired) electrons. The molecule has 0 saturated heterocycles. The van der Waals surface area contributed by atoms with Crippen LogP contribution in [0.4, 0.5) is 0 Å². The fourth-order valence-electron chi connectivity index (χ4n) is 1.03. The maximum Gasteiger partial charge on any atom is 0.321 e. The maximum absolute atomic E-state index is 10.4. The van der Waals surface area contributed by atoms with Crippen LogP contribution >= 0.6 is 0 Å². The van der Waals surface area contributed by atoms with E-state index in [1.807, 2.05) is 13.0 Å². The molecule has 0 bridgehead atoms. The van der Waals surface area contributed by atoms with E-state index in [1.54, 1.807) is 0 Å². The van der Waals surface area contributed by atoms with Gasteiger partial charge in [-0.05, 0) is 13.3 Å². The fourth-order valence-corrected chi connectivity index (χ4v) is 1.03. The number of carboxylic acids is 1. The average Bonchev–Trinajstić information content (AvgIpc) is 1.88. The second-order valence-corrected chi connectivity index (χ2v) is 2.55. The molecule has 3 heteroatoms. The third-order valence-electron chi connectivity index (χ3n) is 1.64. The number of nitrogens with one attached hydrogen (secondary N) is 1. The zero-order valence-corrected chi connectivity index (χ0v) is 5.92. The molecule has 0 spiro atoms. The molecule has 0 aromatic heterocycles. The molecule has 0 unspecified atom stereocenters. The van der Waals surface area contributed by atoms with Gasteiger partial charge in [-0.1, -0.05) is 11.6 Å². The van der Waals surface area contributed by atoms with Crippen molar-refractivity contribution in [1.29, 1.82) is 0 Å². The van der Waals surface area contributed by atoms with Crippen LogP contribution in [0.3, 0.4) is 0 Å². The Morgan fingerprint density at radius 2 is 2.60 bits per heavy atom. The number of carboxylic acid groups (broad SMARTS) is 1. The summed E-state index contributed by atoms with van der Waals surface area (Å²) in [5, 5.41) is 11.4. The lowest BCUT2D eigenvalue weighted by Gasteiger charge is -2.18. The van der Waals surface area contributed by atoms with E-state index in [9.17, 15) is 4.79 Å². The van der Waals surface area contributed by atoms with Crippen LogP contribution < -0.4 is 5.32 Å². The van der Waals surface area contributed by atoms with E-state index in [1.165, 1.54) is 0 Å². The van der Waals surface area contributed by atoms with Crippen molar-refractivity contribution < 1.29 is 9.90 Å². The van der Waals surface area contributed by atoms with E-state index in [4.69, 9.17) is 5.11 Å². The lowest BCUT2D eigenvalue weighted by Crippen LogP contribution is -2.39. The highest BCUT2D eigenvalue weighted by Crippen LogP contribution is 2.08. The Morgan fingerprint density at radius 1 is 1.90 bits per heavy atom. The van der Waals surface area contributed by atoms with Gasteiger partial charge in [-0.3, -0.25) is 4.79 Å². The second-order valence-electron chi connectivity index (χ2n) is 2.55. The van der Waals surface area contributed by atoms with Gasteiger partial charge in [0, 0.05) is 6.54 Å². The SMILES string of the molecule is CC1=CCN[C@H](C(=O)O)C1. The molecule has 1 rings (SSSR count). The molecule has 10 heavy (non-hydrogen) atoms. The summed E-state index contributed by atoms with van der Waals surface area (Å²) in [6.45, 7) is 2.64. The van der Waals surface area contributed by atoms with Crippen LogP contribution in [0.25, 0.3) is 0 Å². The maximum atomic E-state index is 10.4. The summed E-state index contributed by atoms with van der Waals surface area (Å²) in [5.74, 6) is -0.757. The van der Waals surface area contributed by atoms with Crippen LogP contribution in [0.1, 0.15) is 13.3 Å². The Balaban J connectivity index is 2.53. The van der Waals surface area contributed by atoms with Gasteiger partial charge in [0.25, 0.3) is 0 Å². The van der Waals surface area contributed by atoms with Gasteiger partial charge in [0.1, 0.15) is 6.04 Å². The summed E-state index contributed by atoms with van der Waals surface area (Å²) in [5.41, 5.74) is 1.16. The minimum atomic E-state index is -0.757. The Morgan fingerprint density at radius 3 is 3.00 bits per heavy atom. The summed E-state index contributed by atoms with van der Waals surface area (Å²) in [4.78, 5) is 10.4. The summed E-state index contributed by atoms with van der Waals surface area (Å²) in [6, 6.07) is -0.370. The van der Waals surface area contributed by atoms with E-state index >= 15 is 0 Å². The number of hydrogen-bond acceptors (Lipinski definition) is 2. The molecule has 0 aromatic carbocycles. The number of hydrogen-bond donors (Lipinski definition) is 2. The summed E-state index contributed by atoms with van der Waals surface area (Å²) < 4.78 is 0. The van der Waals surface area contributed by atoms with Crippen molar-refractivity contribution >= 4 is 5.97 Å². The van der Waals surface area contributed by atoms with Crippen LogP contribution in [-0.2, 0) is 4.79 Å². The largest absolute Gasteiger partial charge is 0.480 e. The number of aliphatic carboxylic acids is 1. The quantitative estimate of drug-likeness (QED) is 0.519. The summed E-state index contributed by atoms with van der Waals surface area (Å²) in [7, 11) is 0. The zero-order chi connectivity index (χ0) is 7.56. The van der Waals surface area contributed by atoms with Gasteiger partial charge < -0.3 is 10.4 Å². The molecule has 1 atom stereocenters.